The number of rotatable bonds is 6. The molecular formula is C26H21O3P. The maximum Gasteiger partial charge on any atom is 0.178 e. The van der Waals surface area contributed by atoms with Gasteiger partial charge in [-0.25, -0.2) is 0 Å². The molecule has 1 atom stereocenters. The molecule has 4 aromatic carbocycles. The van der Waals surface area contributed by atoms with Crippen LogP contribution >= 0.6 is 7.14 Å². The van der Waals surface area contributed by atoms with E-state index in [-0.39, 0.29) is 11.5 Å². The van der Waals surface area contributed by atoms with Crippen LogP contribution in [0.4, 0.5) is 0 Å². The first kappa shape index (κ1) is 19.9. The molecule has 0 bridgehead atoms. The molecule has 30 heavy (non-hydrogen) atoms. The predicted octanol–water partition coefficient (Wildman–Crippen LogP) is 5.33. The predicted molar refractivity (Wildman–Crippen MR) is 121 cm³/mol. The molecule has 0 aliphatic rings. The van der Waals surface area contributed by atoms with Crippen molar-refractivity contribution in [2.24, 2.45) is 0 Å². The van der Waals surface area contributed by atoms with Crippen LogP contribution in [0.1, 0.15) is 21.6 Å². The van der Waals surface area contributed by atoms with E-state index >= 15 is 0 Å². The van der Waals surface area contributed by atoms with Gasteiger partial charge in [0.25, 0.3) is 0 Å². The quantitative estimate of drug-likeness (QED) is 0.344. The lowest BCUT2D eigenvalue weighted by Gasteiger charge is -2.29. The van der Waals surface area contributed by atoms with Crippen LogP contribution in [0.25, 0.3) is 0 Å². The Hall–Kier alpha value is -3.42. The van der Waals surface area contributed by atoms with Gasteiger partial charge in [-0.05, 0) is 6.07 Å². The molecule has 0 spiro atoms. The van der Waals surface area contributed by atoms with E-state index in [1.165, 1.54) is 6.07 Å². The number of hydrogen-bond acceptors (Lipinski definition) is 3. The van der Waals surface area contributed by atoms with E-state index in [0.29, 0.717) is 21.7 Å². The Kier molecular flexibility index (Phi) is 5.65. The first-order valence-electron chi connectivity index (χ1n) is 9.70. The smallest absolute Gasteiger partial charge is 0.178 e. The van der Waals surface area contributed by atoms with Crippen LogP contribution in [0.2, 0.25) is 0 Å². The number of benzene rings is 4. The van der Waals surface area contributed by atoms with Crippen LogP contribution in [0.3, 0.4) is 0 Å². The summed E-state index contributed by atoms with van der Waals surface area (Å²) in [4.78, 5) is 13.8. The lowest BCUT2D eigenvalue weighted by molar-refractivity contribution is 0.0985. The highest BCUT2D eigenvalue weighted by atomic mass is 31.2. The van der Waals surface area contributed by atoms with Crippen LogP contribution in [-0.4, -0.2) is 10.9 Å². The maximum absolute atomic E-state index is 15.0. The molecule has 0 amide bonds. The number of ketones is 1. The van der Waals surface area contributed by atoms with Crippen LogP contribution in [0.5, 0.6) is 5.75 Å². The molecule has 1 N–H and O–H groups in total. The Morgan fingerprint density at radius 1 is 0.633 bits per heavy atom. The highest BCUT2D eigenvalue weighted by Gasteiger charge is 2.43. The van der Waals surface area contributed by atoms with Crippen LogP contribution < -0.4 is 10.6 Å². The molecule has 4 rings (SSSR count). The SMILES string of the molecule is O=C(c1ccccc1)C(c1ccccc1O)P(=O)(c1ccccc1)c1ccccc1. The zero-order chi connectivity index (χ0) is 21.0. The van der Waals surface area contributed by atoms with Gasteiger partial charge in [-0.2, -0.15) is 0 Å². The Bertz CT molecular complexity index is 1150. The third kappa shape index (κ3) is 3.60. The number of carbonyl (C=O) groups is 1. The van der Waals surface area contributed by atoms with Crippen molar-refractivity contribution in [2.45, 2.75) is 5.66 Å². The normalized spacial score (nSPS) is 12.3. The van der Waals surface area contributed by atoms with E-state index in [1.807, 2.05) is 42.5 Å². The van der Waals surface area contributed by atoms with Crippen molar-refractivity contribution in [1.82, 2.24) is 0 Å². The minimum atomic E-state index is -3.51. The van der Waals surface area contributed by atoms with Crippen LogP contribution in [-0.2, 0) is 4.57 Å². The van der Waals surface area contributed by atoms with Gasteiger partial charge in [-0.1, -0.05) is 109 Å². The van der Waals surface area contributed by atoms with Crippen molar-refractivity contribution in [3.63, 3.8) is 0 Å². The van der Waals surface area contributed by atoms with Gasteiger partial charge in [-0.3, -0.25) is 4.79 Å². The van der Waals surface area contributed by atoms with E-state index < -0.39 is 12.8 Å². The number of hydrogen-bond donors (Lipinski definition) is 1. The summed E-state index contributed by atoms with van der Waals surface area (Å²) in [5, 5.41) is 11.8. The van der Waals surface area contributed by atoms with Crippen molar-refractivity contribution in [1.29, 1.82) is 0 Å². The molecule has 0 heterocycles. The monoisotopic (exact) mass is 412 g/mol. The summed E-state index contributed by atoms with van der Waals surface area (Å²) in [5.41, 5.74) is -0.230. The summed E-state index contributed by atoms with van der Waals surface area (Å²) in [6.07, 6.45) is 0. The summed E-state index contributed by atoms with van der Waals surface area (Å²) in [6, 6.07) is 33.6. The van der Waals surface area contributed by atoms with Crippen molar-refractivity contribution >= 4 is 23.5 Å². The second-order valence-corrected chi connectivity index (χ2v) is 9.89. The zero-order valence-corrected chi connectivity index (χ0v) is 17.2. The van der Waals surface area contributed by atoms with E-state index in [1.54, 1.807) is 66.7 Å². The summed E-state index contributed by atoms with van der Waals surface area (Å²) >= 11 is 0. The van der Waals surface area contributed by atoms with E-state index in [2.05, 4.69) is 0 Å². The molecule has 4 aromatic rings. The summed E-state index contributed by atoms with van der Waals surface area (Å²) in [7, 11) is -3.51. The number of aromatic hydroxyl groups is 1. The number of carbonyl (C=O) groups excluding carboxylic acids is 1. The Labute approximate surface area is 176 Å². The molecule has 0 fully saturated rings. The van der Waals surface area contributed by atoms with Gasteiger partial charge >= 0.3 is 0 Å². The first-order valence-corrected chi connectivity index (χ1v) is 11.5. The average molecular weight is 412 g/mol. The van der Waals surface area contributed by atoms with Gasteiger partial charge in [-0.15, -0.1) is 0 Å². The van der Waals surface area contributed by atoms with Gasteiger partial charge in [0.2, 0.25) is 0 Å². The Morgan fingerprint density at radius 2 is 1.07 bits per heavy atom. The molecule has 0 aromatic heterocycles. The molecular weight excluding hydrogens is 391 g/mol. The van der Waals surface area contributed by atoms with E-state index in [0.717, 1.165) is 0 Å². The van der Waals surface area contributed by atoms with Gasteiger partial charge in [0.15, 0.2) is 12.9 Å². The topological polar surface area (TPSA) is 54.4 Å². The minimum absolute atomic E-state index is 0.0427. The van der Waals surface area contributed by atoms with Gasteiger partial charge in [0.05, 0.1) is 0 Å². The van der Waals surface area contributed by atoms with E-state index in [9.17, 15) is 14.5 Å². The van der Waals surface area contributed by atoms with Crippen molar-refractivity contribution in [3.8, 4) is 5.75 Å². The lowest BCUT2D eigenvalue weighted by atomic mass is 10.0. The molecule has 0 saturated carbocycles. The van der Waals surface area contributed by atoms with Crippen molar-refractivity contribution < 1.29 is 14.5 Å². The van der Waals surface area contributed by atoms with Gasteiger partial charge in [0.1, 0.15) is 11.4 Å². The maximum atomic E-state index is 15.0. The number of phenolic OH excluding ortho intramolecular Hbond substituents is 1. The average Bonchev–Trinajstić information content (AvgIpc) is 2.82. The third-order valence-electron chi connectivity index (χ3n) is 5.18. The fraction of sp³-hybridized carbons (Fsp3) is 0.0385. The van der Waals surface area contributed by atoms with Crippen molar-refractivity contribution in [2.75, 3.05) is 0 Å². The lowest BCUT2D eigenvalue weighted by Crippen LogP contribution is -2.26. The molecule has 0 radical (unpaired) electrons. The molecule has 148 valence electrons. The largest absolute Gasteiger partial charge is 0.508 e. The highest BCUT2D eigenvalue weighted by molar-refractivity contribution is 7.79. The third-order valence-corrected chi connectivity index (χ3v) is 8.55. The molecule has 3 nitrogen and oxygen atoms in total. The molecule has 1 unspecified atom stereocenters. The second-order valence-electron chi connectivity index (χ2n) is 7.02. The summed E-state index contributed by atoms with van der Waals surface area (Å²) in [5.74, 6) is -0.327. The van der Waals surface area contributed by atoms with E-state index in [4.69, 9.17) is 0 Å². The molecule has 0 aliphatic carbocycles. The fourth-order valence-corrected chi connectivity index (χ4v) is 6.94. The molecule has 0 aliphatic heterocycles. The number of para-hydroxylation sites is 1. The summed E-state index contributed by atoms with van der Waals surface area (Å²) < 4.78 is 15.0. The van der Waals surface area contributed by atoms with Crippen LogP contribution in [0.15, 0.2) is 115 Å². The molecule has 4 heteroatoms. The Morgan fingerprint density at radius 3 is 1.57 bits per heavy atom. The second kappa shape index (κ2) is 8.52. The summed E-state index contributed by atoms with van der Waals surface area (Å²) in [6.45, 7) is 0. The fourth-order valence-electron chi connectivity index (χ4n) is 3.73. The standard InChI is InChI=1S/C26H21O3P/c27-24-19-11-10-18-23(24)26(25(28)20-12-4-1-5-13-20)30(29,21-14-6-2-7-15-21)22-16-8-3-9-17-22/h1-19,26-27H. The van der Waals surface area contributed by atoms with Crippen molar-refractivity contribution in [3.05, 3.63) is 126 Å². The van der Waals surface area contributed by atoms with Crippen LogP contribution in [0, 0.1) is 0 Å². The minimum Gasteiger partial charge on any atom is -0.508 e. The first-order chi connectivity index (χ1) is 14.6. The van der Waals surface area contributed by atoms with Gasteiger partial charge in [0, 0.05) is 21.7 Å². The number of Topliss-reactive ketones (excluding diaryl/α,β-unsaturated/α-hetero) is 1. The molecule has 0 saturated heterocycles. The van der Waals surface area contributed by atoms with Gasteiger partial charge < -0.3 is 9.67 Å². The highest BCUT2D eigenvalue weighted by Crippen LogP contribution is 2.59. The zero-order valence-electron chi connectivity index (χ0n) is 16.3. The number of phenols is 1. The Balaban J connectivity index is 2.03.